The molecular formula is C20H22N6O. The Morgan fingerprint density at radius 3 is 2.67 bits per heavy atom. The van der Waals surface area contributed by atoms with Crippen molar-refractivity contribution in [2.45, 2.75) is 19.4 Å². The molecule has 3 heterocycles. The van der Waals surface area contributed by atoms with E-state index in [1.54, 1.807) is 10.9 Å². The normalized spacial score (nSPS) is 14.9. The lowest BCUT2D eigenvalue weighted by Crippen LogP contribution is -2.47. The molecule has 27 heavy (non-hydrogen) atoms. The summed E-state index contributed by atoms with van der Waals surface area (Å²) in [5, 5.41) is 7.55. The van der Waals surface area contributed by atoms with Crippen molar-refractivity contribution in [1.82, 2.24) is 30.0 Å². The van der Waals surface area contributed by atoms with Crippen LogP contribution in [-0.2, 0) is 24.2 Å². The molecule has 1 fully saturated rings. The number of amides is 1. The Labute approximate surface area is 158 Å². The van der Waals surface area contributed by atoms with Gasteiger partial charge in [-0.3, -0.25) is 9.69 Å². The third-order valence-electron chi connectivity index (χ3n) is 4.55. The van der Waals surface area contributed by atoms with Crippen LogP contribution in [0.1, 0.15) is 17.2 Å². The van der Waals surface area contributed by atoms with Crippen molar-refractivity contribution in [3.05, 3.63) is 71.9 Å². The molecule has 7 heteroatoms. The van der Waals surface area contributed by atoms with Gasteiger partial charge < -0.3 is 5.32 Å². The Hall–Kier alpha value is -3.06. The summed E-state index contributed by atoms with van der Waals surface area (Å²) in [5.74, 6) is 2.40. The smallest absolute Gasteiger partial charge is 0.234 e. The lowest BCUT2D eigenvalue weighted by Gasteiger charge is -2.25. The van der Waals surface area contributed by atoms with E-state index in [2.05, 4.69) is 27.3 Å². The Morgan fingerprint density at radius 1 is 1.04 bits per heavy atom. The van der Waals surface area contributed by atoms with Gasteiger partial charge in [-0.05, 0) is 24.1 Å². The molecule has 2 aromatic heterocycles. The first-order valence-corrected chi connectivity index (χ1v) is 9.17. The predicted molar refractivity (Wildman–Crippen MR) is 101 cm³/mol. The highest BCUT2D eigenvalue weighted by molar-refractivity contribution is 5.78. The number of hydrogen-bond donors (Lipinski definition) is 1. The highest BCUT2D eigenvalue weighted by atomic mass is 16.2. The van der Waals surface area contributed by atoms with Crippen molar-refractivity contribution in [1.29, 1.82) is 0 Å². The van der Waals surface area contributed by atoms with Gasteiger partial charge >= 0.3 is 0 Å². The number of carbonyl (C=O) groups is 1. The average Bonchev–Trinajstić information content (AvgIpc) is 3.10. The van der Waals surface area contributed by atoms with Crippen LogP contribution in [0.4, 0.5) is 0 Å². The average molecular weight is 362 g/mol. The van der Waals surface area contributed by atoms with Crippen molar-refractivity contribution in [3.8, 4) is 5.82 Å². The zero-order valence-electron chi connectivity index (χ0n) is 15.1. The first-order chi connectivity index (χ1) is 13.3. The molecule has 4 rings (SSSR count). The van der Waals surface area contributed by atoms with Crippen molar-refractivity contribution >= 4 is 5.91 Å². The largest absolute Gasteiger partial charge is 0.354 e. The van der Waals surface area contributed by atoms with Crippen molar-refractivity contribution in [2.75, 3.05) is 19.6 Å². The van der Waals surface area contributed by atoms with Crippen LogP contribution >= 0.6 is 0 Å². The van der Waals surface area contributed by atoms with Gasteiger partial charge in [0.15, 0.2) is 11.6 Å². The zero-order chi connectivity index (χ0) is 18.5. The molecule has 1 amide bonds. The number of nitrogens with zero attached hydrogens (tertiary/aromatic N) is 5. The van der Waals surface area contributed by atoms with Crippen molar-refractivity contribution < 1.29 is 4.79 Å². The zero-order valence-corrected chi connectivity index (χ0v) is 15.1. The Bertz CT molecular complexity index is 893. The summed E-state index contributed by atoms with van der Waals surface area (Å²) in [4.78, 5) is 22.9. The van der Waals surface area contributed by atoms with Crippen molar-refractivity contribution in [2.24, 2.45) is 0 Å². The summed E-state index contributed by atoms with van der Waals surface area (Å²) in [5.41, 5.74) is 1.26. The first-order valence-electron chi connectivity index (χ1n) is 9.17. The van der Waals surface area contributed by atoms with Crippen LogP contribution in [0.2, 0.25) is 0 Å². The molecule has 0 saturated carbocycles. The predicted octanol–water partition coefficient (Wildman–Crippen LogP) is 1.38. The fourth-order valence-corrected chi connectivity index (χ4v) is 3.19. The number of aromatic nitrogens is 4. The van der Waals surface area contributed by atoms with E-state index >= 15 is 0 Å². The molecule has 1 saturated heterocycles. The van der Waals surface area contributed by atoms with Gasteiger partial charge in [0.25, 0.3) is 0 Å². The lowest BCUT2D eigenvalue weighted by molar-refractivity contribution is -0.124. The van der Waals surface area contributed by atoms with Crippen LogP contribution in [0.25, 0.3) is 5.82 Å². The van der Waals surface area contributed by atoms with Crippen LogP contribution in [0.15, 0.2) is 54.7 Å². The number of benzene rings is 1. The number of hydrogen-bond acceptors (Lipinski definition) is 5. The van der Waals surface area contributed by atoms with Crippen LogP contribution in [0, 0.1) is 0 Å². The highest BCUT2D eigenvalue weighted by Gasteiger charge is 2.20. The van der Waals surface area contributed by atoms with E-state index in [4.69, 9.17) is 10.1 Å². The van der Waals surface area contributed by atoms with Crippen LogP contribution in [-0.4, -0.2) is 50.2 Å². The van der Waals surface area contributed by atoms with Gasteiger partial charge in [0.1, 0.15) is 5.82 Å². The van der Waals surface area contributed by atoms with E-state index in [9.17, 15) is 4.79 Å². The minimum absolute atomic E-state index is 0.0504. The molecule has 0 spiro atoms. The molecule has 1 aromatic carbocycles. The molecule has 0 bridgehead atoms. The van der Waals surface area contributed by atoms with E-state index in [-0.39, 0.29) is 5.91 Å². The molecule has 0 radical (unpaired) electrons. The number of carbonyl (C=O) groups excluding carboxylic acids is 1. The third-order valence-corrected chi connectivity index (χ3v) is 4.55. The van der Waals surface area contributed by atoms with E-state index in [1.807, 2.05) is 36.4 Å². The molecule has 1 N–H and O–H groups in total. The topological polar surface area (TPSA) is 75.9 Å². The van der Waals surface area contributed by atoms with Gasteiger partial charge in [-0.2, -0.15) is 4.68 Å². The summed E-state index contributed by atoms with van der Waals surface area (Å²) in [6.45, 7) is 2.42. The van der Waals surface area contributed by atoms with Gasteiger partial charge in [0, 0.05) is 25.7 Å². The quantitative estimate of drug-likeness (QED) is 0.717. The molecule has 1 aliphatic heterocycles. The molecule has 1 aliphatic rings. The van der Waals surface area contributed by atoms with Gasteiger partial charge in [0.05, 0.1) is 13.1 Å². The summed E-state index contributed by atoms with van der Waals surface area (Å²) in [6.07, 6.45) is 3.40. The molecule has 0 aliphatic carbocycles. The Morgan fingerprint density at radius 2 is 1.89 bits per heavy atom. The first kappa shape index (κ1) is 17.4. The molecule has 138 valence electrons. The van der Waals surface area contributed by atoms with Crippen LogP contribution < -0.4 is 5.32 Å². The fraction of sp³-hybridized carbons (Fsp3) is 0.300. The lowest BCUT2D eigenvalue weighted by atomic mass is 10.1. The number of nitrogens with one attached hydrogen (secondary N) is 1. The second kappa shape index (κ2) is 8.09. The monoisotopic (exact) mass is 362 g/mol. The maximum absolute atomic E-state index is 11.7. The summed E-state index contributed by atoms with van der Waals surface area (Å²) >= 11 is 0. The minimum atomic E-state index is 0.0504. The van der Waals surface area contributed by atoms with E-state index in [1.165, 1.54) is 5.56 Å². The van der Waals surface area contributed by atoms with Crippen LogP contribution in [0.5, 0.6) is 0 Å². The standard InChI is InChI=1S/C20H22N6O/c27-20-15-25(13-12-22-20)14-19-23-17(10-9-16-6-2-1-3-7-16)24-26(19)18-8-4-5-11-21-18/h1-8,11H,9-10,12-15H2,(H,22,27). The second-order valence-electron chi connectivity index (χ2n) is 6.59. The minimum Gasteiger partial charge on any atom is -0.354 e. The maximum Gasteiger partial charge on any atom is 0.234 e. The van der Waals surface area contributed by atoms with Gasteiger partial charge in [-0.1, -0.05) is 36.4 Å². The fourth-order valence-electron chi connectivity index (χ4n) is 3.19. The summed E-state index contributed by atoms with van der Waals surface area (Å²) in [7, 11) is 0. The summed E-state index contributed by atoms with van der Waals surface area (Å²) in [6, 6.07) is 16.1. The van der Waals surface area contributed by atoms with E-state index in [0.717, 1.165) is 36.9 Å². The molecular weight excluding hydrogens is 340 g/mol. The number of aryl methyl sites for hydroxylation is 2. The van der Waals surface area contributed by atoms with Gasteiger partial charge in [-0.25, -0.2) is 9.97 Å². The Kier molecular flexibility index (Phi) is 5.20. The van der Waals surface area contributed by atoms with E-state index in [0.29, 0.717) is 19.6 Å². The van der Waals surface area contributed by atoms with Gasteiger partial charge in [0.2, 0.25) is 5.91 Å². The number of pyridine rings is 1. The molecule has 3 aromatic rings. The van der Waals surface area contributed by atoms with E-state index < -0.39 is 0 Å². The molecule has 0 unspecified atom stereocenters. The number of piperazine rings is 1. The number of rotatable bonds is 6. The second-order valence-corrected chi connectivity index (χ2v) is 6.59. The third kappa shape index (κ3) is 4.38. The maximum atomic E-state index is 11.7. The Balaban J connectivity index is 1.56. The van der Waals surface area contributed by atoms with Crippen molar-refractivity contribution in [3.63, 3.8) is 0 Å². The highest BCUT2D eigenvalue weighted by Crippen LogP contribution is 2.12. The van der Waals surface area contributed by atoms with Gasteiger partial charge in [-0.15, -0.1) is 5.10 Å². The van der Waals surface area contributed by atoms with Crippen LogP contribution in [0.3, 0.4) is 0 Å². The molecule has 0 atom stereocenters. The SMILES string of the molecule is O=C1CN(Cc2nc(CCc3ccccc3)nn2-c2ccccn2)CCN1. The summed E-state index contributed by atoms with van der Waals surface area (Å²) < 4.78 is 1.80. The molecule has 7 nitrogen and oxygen atoms in total.